The Bertz CT molecular complexity index is 647. The molecule has 23 heavy (non-hydrogen) atoms. The first-order valence-electron chi connectivity index (χ1n) is 7.69. The second kappa shape index (κ2) is 7.25. The van der Waals surface area contributed by atoms with Gasteiger partial charge in [-0.3, -0.25) is 4.90 Å². The standard InChI is InChI=1S/C17H21ClN4O/c1-21(2)17-19-9-13(10-20-17)11-22-6-7-23-16(12-22)14-4-3-5-15(18)8-14/h3-5,8-10,16H,6-7,11-12H2,1-2H3. The van der Waals surface area contributed by atoms with Crippen LogP contribution in [0.2, 0.25) is 5.02 Å². The van der Waals surface area contributed by atoms with Crippen molar-refractivity contribution in [3.63, 3.8) is 0 Å². The van der Waals surface area contributed by atoms with E-state index in [2.05, 4.69) is 20.9 Å². The van der Waals surface area contributed by atoms with Gasteiger partial charge < -0.3 is 9.64 Å². The molecule has 122 valence electrons. The molecule has 1 aromatic carbocycles. The van der Waals surface area contributed by atoms with Crippen LogP contribution in [-0.2, 0) is 11.3 Å². The SMILES string of the molecule is CN(C)c1ncc(CN2CCOC(c3cccc(Cl)c3)C2)cn1. The van der Waals surface area contributed by atoms with Crippen molar-refractivity contribution in [3.05, 3.63) is 52.8 Å². The molecular weight excluding hydrogens is 312 g/mol. The molecule has 5 nitrogen and oxygen atoms in total. The van der Waals surface area contributed by atoms with Gasteiger partial charge in [-0.05, 0) is 17.7 Å². The summed E-state index contributed by atoms with van der Waals surface area (Å²) in [5.74, 6) is 0.729. The second-order valence-electron chi connectivity index (χ2n) is 5.94. The lowest BCUT2D eigenvalue weighted by atomic mass is 10.1. The maximum absolute atomic E-state index is 6.08. The molecule has 0 saturated carbocycles. The Hall–Kier alpha value is -1.69. The lowest BCUT2D eigenvalue weighted by Gasteiger charge is -2.33. The van der Waals surface area contributed by atoms with Gasteiger partial charge >= 0.3 is 0 Å². The van der Waals surface area contributed by atoms with Crippen LogP contribution in [0.3, 0.4) is 0 Å². The van der Waals surface area contributed by atoms with E-state index in [-0.39, 0.29) is 6.10 Å². The van der Waals surface area contributed by atoms with Crippen LogP contribution < -0.4 is 4.90 Å². The molecule has 1 aromatic heterocycles. The summed E-state index contributed by atoms with van der Waals surface area (Å²) in [6, 6.07) is 7.89. The molecule has 0 aliphatic carbocycles. The molecule has 1 unspecified atom stereocenters. The zero-order valence-corrected chi connectivity index (χ0v) is 14.2. The number of hydrogen-bond acceptors (Lipinski definition) is 5. The van der Waals surface area contributed by atoms with E-state index in [0.29, 0.717) is 6.61 Å². The maximum Gasteiger partial charge on any atom is 0.224 e. The van der Waals surface area contributed by atoms with Crippen molar-refractivity contribution in [1.82, 2.24) is 14.9 Å². The fourth-order valence-corrected chi connectivity index (χ4v) is 2.87. The third-order valence-corrected chi connectivity index (χ3v) is 4.10. The normalized spacial score (nSPS) is 18.8. The smallest absolute Gasteiger partial charge is 0.224 e. The van der Waals surface area contributed by atoms with Gasteiger partial charge in [0.15, 0.2) is 0 Å². The van der Waals surface area contributed by atoms with Gasteiger partial charge in [-0.15, -0.1) is 0 Å². The molecule has 3 rings (SSSR count). The topological polar surface area (TPSA) is 41.5 Å². The van der Waals surface area contributed by atoms with E-state index in [4.69, 9.17) is 16.3 Å². The average molecular weight is 333 g/mol. The number of rotatable bonds is 4. The van der Waals surface area contributed by atoms with Crippen molar-refractivity contribution in [2.24, 2.45) is 0 Å². The van der Waals surface area contributed by atoms with Crippen LogP contribution in [0.25, 0.3) is 0 Å². The summed E-state index contributed by atoms with van der Waals surface area (Å²) in [6.45, 7) is 3.30. The maximum atomic E-state index is 6.08. The highest BCUT2D eigenvalue weighted by Crippen LogP contribution is 2.25. The highest BCUT2D eigenvalue weighted by molar-refractivity contribution is 6.30. The Balaban J connectivity index is 1.64. The van der Waals surface area contributed by atoms with E-state index in [1.54, 1.807) is 0 Å². The average Bonchev–Trinajstić information content (AvgIpc) is 2.56. The highest BCUT2D eigenvalue weighted by atomic mass is 35.5. The molecule has 0 amide bonds. The van der Waals surface area contributed by atoms with Crippen LogP contribution in [0, 0.1) is 0 Å². The first-order valence-corrected chi connectivity index (χ1v) is 8.07. The number of benzene rings is 1. The molecular formula is C17H21ClN4O. The van der Waals surface area contributed by atoms with Crippen LogP contribution in [0.15, 0.2) is 36.7 Å². The molecule has 1 aliphatic rings. The van der Waals surface area contributed by atoms with E-state index in [0.717, 1.165) is 41.7 Å². The number of anilines is 1. The zero-order chi connectivity index (χ0) is 16.2. The Morgan fingerprint density at radius 1 is 1.30 bits per heavy atom. The minimum atomic E-state index is 0.0596. The van der Waals surface area contributed by atoms with Crippen LogP contribution in [0.5, 0.6) is 0 Å². The van der Waals surface area contributed by atoms with Crippen LogP contribution >= 0.6 is 11.6 Å². The summed E-state index contributed by atoms with van der Waals surface area (Å²) in [5, 5.41) is 0.746. The zero-order valence-electron chi connectivity index (χ0n) is 13.4. The third kappa shape index (κ3) is 4.19. The highest BCUT2D eigenvalue weighted by Gasteiger charge is 2.22. The molecule has 0 N–H and O–H groups in total. The summed E-state index contributed by atoms with van der Waals surface area (Å²) >= 11 is 6.08. The predicted molar refractivity (Wildman–Crippen MR) is 91.8 cm³/mol. The fourth-order valence-electron chi connectivity index (χ4n) is 2.67. The van der Waals surface area contributed by atoms with E-state index in [1.165, 1.54) is 0 Å². The quantitative estimate of drug-likeness (QED) is 0.861. The number of ether oxygens (including phenoxy) is 1. The molecule has 0 radical (unpaired) electrons. The van der Waals surface area contributed by atoms with Crippen molar-refractivity contribution in [2.45, 2.75) is 12.6 Å². The lowest BCUT2D eigenvalue weighted by Crippen LogP contribution is -2.37. The molecule has 0 bridgehead atoms. The van der Waals surface area contributed by atoms with E-state index < -0.39 is 0 Å². The summed E-state index contributed by atoms with van der Waals surface area (Å²) in [7, 11) is 3.87. The number of halogens is 1. The Kier molecular flexibility index (Phi) is 5.10. The van der Waals surface area contributed by atoms with Crippen molar-refractivity contribution in [2.75, 3.05) is 38.7 Å². The Labute approximate surface area is 141 Å². The van der Waals surface area contributed by atoms with Gasteiger partial charge in [0.1, 0.15) is 0 Å². The second-order valence-corrected chi connectivity index (χ2v) is 6.37. The molecule has 6 heteroatoms. The predicted octanol–water partition coefficient (Wildman–Crippen LogP) is 2.77. The third-order valence-electron chi connectivity index (χ3n) is 3.87. The summed E-state index contributed by atoms with van der Waals surface area (Å²) in [6.07, 6.45) is 3.85. The van der Waals surface area contributed by atoms with Gasteiger partial charge in [0.2, 0.25) is 5.95 Å². The lowest BCUT2D eigenvalue weighted by molar-refractivity contribution is -0.0329. The van der Waals surface area contributed by atoms with Gasteiger partial charge in [-0.25, -0.2) is 9.97 Å². The monoisotopic (exact) mass is 332 g/mol. The molecule has 1 atom stereocenters. The number of morpholine rings is 1. The van der Waals surface area contributed by atoms with Crippen molar-refractivity contribution in [1.29, 1.82) is 0 Å². The van der Waals surface area contributed by atoms with Gasteiger partial charge in [-0.2, -0.15) is 0 Å². The van der Waals surface area contributed by atoms with Gasteiger partial charge in [0.25, 0.3) is 0 Å². The van der Waals surface area contributed by atoms with Crippen molar-refractivity contribution < 1.29 is 4.74 Å². The first-order chi connectivity index (χ1) is 11.1. The molecule has 2 heterocycles. The minimum absolute atomic E-state index is 0.0596. The molecule has 0 spiro atoms. The van der Waals surface area contributed by atoms with E-state index >= 15 is 0 Å². The van der Waals surface area contributed by atoms with Crippen molar-refractivity contribution >= 4 is 17.5 Å². The van der Waals surface area contributed by atoms with Crippen LogP contribution in [0.1, 0.15) is 17.2 Å². The molecule has 2 aromatic rings. The summed E-state index contributed by atoms with van der Waals surface area (Å²) in [4.78, 5) is 13.0. The number of hydrogen-bond donors (Lipinski definition) is 0. The van der Waals surface area contributed by atoms with Gasteiger partial charge in [0.05, 0.1) is 12.7 Å². The number of aromatic nitrogens is 2. The van der Waals surface area contributed by atoms with E-state index in [9.17, 15) is 0 Å². The van der Waals surface area contributed by atoms with Gasteiger partial charge in [-0.1, -0.05) is 23.7 Å². The number of nitrogens with zero attached hydrogens (tertiary/aromatic N) is 4. The molecule has 1 saturated heterocycles. The fraction of sp³-hybridized carbons (Fsp3) is 0.412. The molecule has 1 fully saturated rings. The minimum Gasteiger partial charge on any atom is -0.371 e. The van der Waals surface area contributed by atoms with Gasteiger partial charge in [0, 0.05) is 56.7 Å². The Morgan fingerprint density at radius 3 is 2.78 bits per heavy atom. The van der Waals surface area contributed by atoms with Crippen molar-refractivity contribution in [3.8, 4) is 0 Å². The Morgan fingerprint density at radius 2 is 2.09 bits per heavy atom. The largest absolute Gasteiger partial charge is 0.371 e. The summed E-state index contributed by atoms with van der Waals surface area (Å²) < 4.78 is 5.90. The summed E-state index contributed by atoms with van der Waals surface area (Å²) in [5.41, 5.74) is 2.24. The van der Waals surface area contributed by atoms with Crippen LogP contribution in [0.4, 0.5) is 5.95 Å². The van der Waals surface area contributed by atoms with E-state index in [1.807, 2.05) is 49.6 Å². The first kappa shape index (κ1) is 16.2. The van der Waals surface area contributed by atoms with Crippen LogP contribution in [-0.4, -0.2) is 48.7 Å². The molecule has 1 aliphatic heterocycles.